The molecular weight excluding hydrogens is 372 g/mol. The first-order valence-corrected chi connectivity index (χ1v) is 8.69. The number of halogens is 1. The number of aromatic nitrogens is 2. The Morgan fingerprint density at radius 2 is 2.17 bits per heavy atom. The van der Waals surface area contributed by atoms with E-state index in [1.54, 1.807) is 12.1 Å². The number of amides is 1. The molecule has 0 radical (unpaired) electrons. The minimum absolute atomic E-state index is 0.143. The number of nitriles is 1. The van der Waals surface area contributed by atoms with Crippen molar-refractivity contribution in [1.82, 2.24) is 14.9 Å². The number of fused-ring (bicyclic) bond motifs is 1. The van der Waals surface area contributed by atoms with Crippen molar-refractivity contribution in [2.45, 2.75) is 44.2 Å². The van der Waals surface area contributed by atoms with Crippen LogP contribution in [-0.4, -0.2) is 21.0 Å². The molecule has 0 aliphatic heterocycles. The van der Waals surface area contributed by atoms with Gasteiger partial charge in [-0.2, -0.15) is 5.26 Å². The van der Waals surface area contributed by atoms with Crippen LogP contribution in [0.2, 0.25) is 0 Å². The molecule has 1 heterocycles. The number of aryl methyl sites for hydroxylation is 1. The molecule has 2 aromatic rings. The molecule has 0 spiro atoms. The van der Waals surface area contributed by atoms with Gasteiger partial charge >= 0.3 is 0 Å². The van der Waals surface area contributed by atoms with Gasteiger partial charge in [0.2, 0.25) is 5.91 Å². The maximum absolute atomic E-state index is 12.5. The molecule has 1 aliphatic carbocycles. The molecule has 1 amide bonds. The number of hydrogen-bond donors (Lipinski definition) is 1. The number of carbonyl (C=O) groups excluding carboxylic acids is 1. The van der Waals surface area contributed by atoms with Gasteiger partial charge in [0.15, 0.2) is 0 Å². The van der Waals surface area contributed by atoms with Gasteiger partial charge in [0.1, 0.15) is 5.54 Å². The average Bonchev–Trinajstić information content (AvgIpc) is 3.04. The summed E-state index contributed by atoms with van der Waals surface area (Å²) in [5.41, 5.74) is -0.280. The van der Waals surface area contributed by atoms with Gasteiger partial charge < -0.3 is 5.32 Å². The summed E-state index contributed by atoms with van der Waals surface area (Å²) in [6.45, 7) is 0.238. The van der Waals surface area contributed by atoms with E-state index >= 15 is 0 Å². The lowest BCUT2D eigenvalue weighted by atomic mass is 10.00. The van der Waals surface area contributed by atoms with E-state index in [1.807, 2.05) is 6.07 Å². The van der Waals surface area contributed by atoms with Crippen LogP contribution in [0.5, 0.6) is 0 Å². The third-order valence-electron chi connectivity index (χ3n) is 4.42. The number of nitrogens with one attached hydrogen (secondary N) is 1. The van der Waals surface area contributed by atoms with Crippen LogP contribution in [0.4, 0.5) is 0 Å². The Morgan fingerprint density at radius 1 is 1.42 bits per heavy atom. The molecule has 124 valence electrons. The highest BCUT2D eigenvalue weighted by atomic mass is 79.9. The van der Waals surface area contributed by atoms with Crippen molar-refractivity contribution < 1.29 is 4.79 Å². The molecule has 1 aliphatic rings. The Balaban J connectivity index is 1.72. The second-order valence-electron chi connectivity index (χ2n) is 6.10. The van der Waals surface area contributed by atoms with Crippen molar-refractivity contribution in [2.24, 2.45) is 0 Å². The average molecular weight is 389 g/mol. The first kappa shape index (κ1) is 16.7. The lowest BCUT2D eigenvalue weighted by molar-refractivity contribution is -0.122. The molecule has 1 saturated carbocycles. The second kappa shape index (κ2) is 6.73. The van der Waals surface area contributed by atoms with Crippen LogP contribution in [0.1, 0.15) is 32.1 Å². The molecule has 1 fully saturated rings. The number of hydrogen-bond acceptors (Lipinski definition) is 4. The molecule has 0 bridgehead atoms. The normalized spacial score (nSPS) is 16.0. The molecule has 7 heteroatoms. The van der Waals surface area contributed by atoms with E-state index in [0.717, 1.165) is 17.3 Å². The van der Waals surface area contributed by atoms with E-state index < -0.39 is 5.54 Å². The van der Waals surface area contributed by atoms with E-state index in [4.69, 9.17) is 0 Å². The molecule has 3 rings (SSSR count). The summed E-state index contributed by atoms with van der Waals surface area (Å²) < 4.78 is 2.24. The van der Waals surface area contributed by atoms with Gasteiger partial charge in [-0.3, -0.25) is 14.2 Å². The fourth-order valence-electron chi connectivity index (χ4n) is 3.09. The zero-order valence-corrected chi connectivity index (χ0v) is 14.7. The van der Waals surface area contributed by atoms with Gasteiger partial charge in [-0.1, -0.05) is 15.9 Å². The SMILES string of the molecule is N#CC1(NC(=O)CCn2cnc3ccc(Br)cc3c2=O)CCCC1. The zero-order chi connectivity index (χ0) is 17.2. The highest BCUT2D eigenvalue weighted by molar-refractivity contribution is 9.10. The third-order valence-corrected chi connectivity index (χ3v) is 4.91. The molecule has 1 aromatic carbocycles. The summed E-state index contributed by atoms with van der Waals surface area (Å²) in [6, 6.07) is 7.56. The van der Waals surface area contributed by atoms with Gasteiger partial charge in [-0.15, -0.1) is 0 Å². The minimum Gasteiger partial charge on any atom is -0.338 e. The van der Waals surface area contributed by atoms with Gasteiger partial charge in [0.05, 0.1) is 23.3 Å². The monoisotopic (exact) mass is 388 g/mol. The number of benzene rings is 1. The Labute approximate surface area is 147 Å². The fourth-order valence-corrected chi connectivity index (χ4v) is 3.45. The summed E-state index contributed by atoms with van der Waals surface area (Å²) >= 11 is 3.35. The van der Waals surface area contributed by atoms with Crippen LogP contribution >= 0.6 is 15.9 Å². The largest absolute Gasteiger partial charge is 0.338 e. The highest BCUT2D eigenvalue weighted by Gasteiger charge is 2.35. The molecule has 0 atom stereocenters. The number of nitrogens with zero attached hydrogens (tertiary/aromatic N) is 3. The van der Waals surface area contributed by atoms with E-state index in [-0.39, 0.29) is 24.4 Å². The van der Waals surface area contributed by atoms with Crippen molar-refractivity contribution in [1.29, 1.82) is 5.26 Å². The Bertz CT molecular complexity index is 878. The smallest absolute Gasteiger partial charge is 0.261 e. The fraction of sp³-hybridized carbons (Fsp3) is 0.412. The predicted octanol–water partition coefficient (Wildman–Crippen LogP) is 2.50. The van der Waals surface area contributed by atoms with E-state index in [2.05, 4.69) is 32.3 Å². The van der Waals surface area contributed by atoms with Crippen molar-refractivity contribution in [3.05, 3.63) is 39.4 Å². The van der Waals surface area contributed by atoms with Crippen molar-refractivity contribution in [2.75, 3.05) is 0 Å². The lowest BCUT2D eigenvalue weighted by Crippen LogP contribution is -2.45. The van der Waals surface area contributed by atoms with E-state index in [0.29, 0.717) is 23.7 Å². The molecule has 24 heavy (non-hydrogen) atoms. The molecular formula is C17H17BrN4O2. The topological polar surface area (TPSA) is 87.8 Å². The van der Waals surface area contributed by atoms with Gasteiger partial charge in [-0.05, 0) is 43.9 Å². The summed E-state index contributed by atoms with van der Waals surface area (Å²) in [5.74, 6) is -0.209. The number of rotatable bonds is 4. The van der Waals surface area contributed by atoms with Gasteiger partial charge in [-0.25, -0.2) is 4.98 Å². The summed E-state index contributed by atoms with van der Waals surface area (Å²) in [4.78, 5) is 28.9. The Morgan fingerprint density at radius 3 is 2.88 bits per heavy atom. The van der Waals surface area contributed by atoms with E-state index in [9.17, 15) is 14.9 Å². The van der Waals surface area contributed by atoms with Crippen LogP contribution < -0.4 is 10.9 Å². The lowest BCUT2D eigenvalue weighted by Gasteiger charge is -2.22. The Hall–Kier alpha value is -2.20. The minimum atomic E-state index is -0.728. The molecule has 0 unspecified atom stereocenters. The summed E-state index contributed by atoms with van der Waals surface area (Å²) in [7, 11) is 0. The first-order valence-electron chi connectivity index (χ1n) is 7.90. The predicted molar refractivity (Wildman–Crippen MR) is 93.3 cm³/mol. The maximum atomic E-state index is 12.5. The number of carbonyl (C=O) groups is 1. The quantitative estimate of drug-likeness (QED) is 0.871. The second-order valence-corrected chi connectivity index (χ2v) is 7.02. The zero-order valence-electron chi connectivity index (χ0n) is 13.1. The van der Waals surface area contributed by atoms with Crippen LogP contribution in [0.15, 0.2) is 33.8 Å². The van der Waals surface area contributed by atoms with Crippen LogP contribution in [-0.2, 0) is 11.3 Å². The van der Waals surface area contributed by atoms with Crippen LogP contribution in [0, 0.1) is 11.3 Å². The van der Waals surface area contributed by atoms with Gasteiger partial charge in [0, 0.05) is 17.4 Å². The van der Waals surface area contributed by atoms with Crippen LogP contribution in [0.3, 0.4) is 0 Å². The van der Waals surface area contributed by atoms with Crippen molar-refractivity contribution in [3.8, 4) is 6.07 Å². The molecule has 1 N–H and O–H groups in total. The molecule has 6 nitrogen and oxygen atoms in total. The van der Waals surface area contributed by atoms with Gasteiger partial charge in [0.25, 0.3) is 5.56 Å². The maximum Gasteiger partial charge on any atom is 0.261 e. The standard InChI is InChI=1S/C17H17BrN4O2/c18-12-3-4-14-13(9-12)16(24)22(11-20-14)8-5-15(23)21-17(10-19)6-1-2-7-17/h3-4,9,11H,1-2,5-8H2,(H,21,23). The van der Waals surface area contributed by atoms with Crippen molar-refractivity contribution >= 4 is 32.7 Å². The first-order chi connectivity index (χ1) is 11.5. The summed E-state index contributed by atoms with van der Waals surface area (Å²) in [5, 5.41) is 12.7. The Kier molecular flexibility index (Phi) is 4.67. The van der Waals surface area contributed by atoms with Crippen molar-refractivity contribution in [3.63, 3.8) is 0 Å². The van der Waals surface area contributed by atoms with E-state index in [1.165, 1.54) is 10.9 Å². The molecule has 0 saturated heterocycles. The summed E-state index contributed by atoms with van der Waals surface area (Å²) in [6.07, 6.45) is 4.90. The highest BCUT2D eigenvalue weighted by Crippen LogP contribution is 2.28. The van der Waals surface area contributed by atoms with Crippen LogP contribution in [0.25, 0.3) is 10.9 Å². The molecule has 1 aromatic heterocycles. The third kappa shape index (κ3) is 3.34.